The molecule has 154 valence electrons. The lowest BCUT2D eigenvalue weighted by Crippen LogP contribution is -2.40. The summed E-state index contributed by atoms with van der Waals surface area (Å²) in [6.45, 7) is 5.56. The first kappa shape index (κ1) is 19.5. The highest BCUT2D eigenvalue weighted by Gasteiger charge is 2.16. The van der Waals surface area contributed by atoms with Gasteiger partial charge in [0.05, 0.1) is 19.8 Å². The van der Waals surface area contributed by atoms with E-state index in [0.29, 0.717) is 6.54 Å². The molecule has 7 heteroatoms. The number of morpholine rings is 1. The second-order valence-electron chi connectivity index (χ2n) is 7.23. The first-order chi connectivity index (χ1) is 14.3. The van der Waals surface area contributed by atoms with E-state index in [0.717, 1.165) is 75.4 Å². The summed E-state index contributed by atoms with van der Waals surface area (Å²) in [7, 11) is 1.80. The van der Waals surface area contributed by atoms with Crippen molar-refractivity contribution in [3.05, 3.63) is 53.2 Å². The Morgan fingerprint density at radius 2 is 2.07 bits per heavy atom. The Hall–Kier alpha value is -2.80. The van der Waals surface area contributed by atoms with E-state index >= 15 is 0 Å². The summed E-state index contributed by atoms with van der Waals surface area (Å²) in [6, 6.07) is 10.6. The molecular formula is C22H29N5O2. The lowest BCUT2D eigenvalue weighted by Gasteiger charge is -2.29. The van der Waals surface area contributed by atoms with E-state index < -0.39 is 0 Å². The molecule has 2 aliphatic heterocycles. The summed E-state index contributed by atoms with van der Waals surface area (Å²) in [6.07, 6.45) is 3.80. The van der Waals surface area contributed by atoms with Crippen LogP contribution in [0.25, 0.3) is 0 Å². The van der Waals surface area contributed by atoms with Gasteiger partial charge in [0.2, 0.25) is 0 Å². The number of benzene rings is 1. The molecule has 0 aliphatic carbocycles. The van der Waals surface area contributed by atoms with E-state index in [1.165, 1.54) is 11.1 Å². The predicted molar refractivity (Wildman–Crippen MR) is 115 cm³/mol. The number of fused-ring (bicyclic) bond motifs is 1. The molecule has 1 fully saturated rings. The third-order valence-electron chi connectivity index (χ3n) is 5.31. The first-order valence-corrected chi connectivity index (χ1v) is 10.3. The molecule has 0 atom stereocenters. The van der Waals surface area contributed by atoms with Gasteiger partial charge in [-0.05, 0) is 29.7 Å². The van der Waals surface area contributed by atoms with Gasteiger partial charge in [0.1, 0.15) is 11.6 Å². The van der Waals surface area contributed by atoms with Crippen LogP contribution >= 0.6 is 0 Å². The molecule has 1 aromatic heterocycles. The van der Waals surface area contributed by atoms with Crippen molar-refractivity contribution in [2.75, 3.05) is 51.4 Å². The van der Waals surface area contributed by atoms with Gasteiger partial charge in [-0.25, -0.2) is 4.98 Å². The molecule has 29 heavy (non-hydrogen) atoms. The third-order valence-corrected chi connectivity index (χ3v) is 5.31. The van der Waals surface area contributed by atoms with Crippen LogP contribution in [0.3, 0.4) is 0 Å². The van der Waals surface area contributed by atoms with Crippen LogP contribution in [0, 0.1) is 0 Å². The normalized spacial score (nSPS) is 16.3. The number of aromatic nitrogens is 1. The Morgan fingerprint density at radius 3 is 2.93 bits per heavy atom. The summed E-state index contributed by atoms with van der Waals surface area (Å²) in [5.74, 6) is 2.86. The number of aliphatic imine (C=N–C) groups is 1. The molecule has 4 rings (SSSR count). The zero-order valence-electron chi connectivity index (χ0n) is 17.0. The zero-order chi connectivity index (χ0) is 19.9. The quantitative estimate of drug-likeness (QED) is 0.574. The molecule has 0 bridgehead atoms. The second kappa shape index (κ2) is 9.60. The van der Waals surface area contributed by atoms with E-state index in [-0.39, 0.29) is 0 Å². The molecule has 0 unspecified atom stereocenters. The molecule has 0 spiro atoms. The van der Waals surface area contributed by atoms with Crippen molar-refractivity contribution in [1.82, 2.24) is 15.6 Å². The molecule has 0 radical (unpaired) electrons. The van der Waals surface area contributed by atoms with Crippen LogP contribution in [-0.4, -0.2) is 57.4 Å². The lowest BCUT2D eigenvalue weighted by atomic mass is 10.1. The van der Waals surface area contributed by atoms with Crippen LogP contribution in [0.1, 0.15) is 16.7 Å². The Bertz CT molecular complexity index is 849. The van der Waals surface area contributed by atoms with E-state index in [9.17, 15) is 0 Å². The van der Waals surface area contributed by atoms with Gasteiger partial charge >= 0.3 is 0 Å². The number of nitrogens with zero attached hydrogens (tertiary/aromatic N) is 3. The van der Waals surface area contributed by atoms with Crippen molar-refractivity contribution in [1.29, 1.82) is 0 Å². The number of hydrogen-bond donors (Lipinski definition) is 2. The average Bonchev–Trinajstić information content (AvgIpc) is 3.25. The van der Waals surface area contributed by atoms with E-state index in [2.05, 4.69) is 49.8 Å². The topological polar surface area (TPSA) is 71.0 Å². The van der Waals surface area contributed by atoms with E-state index in [4.69, 9.17) is 9.47 Å². The molecule has 2 aliphatic rings. The maximum Gasteiger partial charge on any atom is 0.191 e. The number of ether oxygens (including phenoxy) is 2. The summed E-state index contributed by atoms with van der Waals surface area (Å²) in [4.78, 5) is 11.2. The standard InChI is InChI=1S/C22H29N5O2/c1-23-22(25-9-6-17-4-5-20-18(15-17)7-12-29-20)26-16-19-3-2-8-24-21(19)27-10-13-28-14-11-27/h2-5,8,15H,6-7,9-14,16H2,1H3,(H2,23,25,26). The predicted octanol–water partition coefficient (Wildman–Crippen LogP) is 1.76. The lowest BCUT2D eigenvalue weighted by molar-refractivity contribution is 0.122. The Labute approximate surface area is 172 Å². The van der Waals surface area contributed by atoms with Crippen LogP contribution in [0.4, 0.5) is 5.82 Å². The second-order valence-corrected chi connectivity index (χ2v) is 7.23. The SMILES string of the molecule is CN=C(NCCc1ccc2c(c1)CCO2)NCc1cccnc1N1CCOCC1. The highest BCUT2D eigenvalue weighted by Crippen LogP contribution is 2.25. The van der Waals surface area contributed by atoms with E-state index in [1.54, 1.807) is 7.05 Å². The van der Waals surface area contributed by atoms with Gasteiger partial charge in [-0.15, -0.1) is 0 Å². The third kappa shape index (κ3) is 4.98. The van der Waals surface area contributed by atoms with Gasteiger partial charge in [0, 0.05) is 51.4 Å². The van der Waals surface area contributed by atoms with Gasteiger partial charge < -0.3 is 25.0 Å². The number of rotatable bonds is 6. The van der Waals surface area contributed by atoms with Crippen molar-refractivity contribution in [2.45, 2.75) is 19.4 Å². The maximum atomic E-state index is 5.58. The van der Waals surface area contributed by atoms with Gasteiger partial charge in [-0.2, -0.15) is 0 Å². The van der Waals surface area contributed by atoms with Gasteiger partial charge in [0.15, 0.2) is 5.96 Å². The Kier molecular flexibility index (Phi) is 6.46. The molecule has 0 saturated carbocycles. The summed E-state index contributed by atoms with van der Waals surface area (Å²) < 4.78 is 11.0. The molecule has 1 saturated heterocycles. The monoisotopic (exact) mass is 395 g/mol. The van der Waals surface area contributed by atoms with Gasteiger partial charge in [0.25, 0.3) is 0 Å². The van der Waals surface area contributed by atoms with E-state index in [1.807, 2.05) is 12.3 Å². The van der Waals surface area contributed by atoms with Crippen LogP contribution in [0.15, 0.2) is 41.5 Å². The maximum absolute atomic E-state index is 5.58. The minimum Gasteiger partial charge on any atom is -0.493 e. The Balaban J connectivity index is 1.29. The molecule has 2 N–H and O–H groups in total. The molecule has 3 heterocycles. The largest absolute Gasteiger partial charge is 0.493 e. The molecule has 1 aromatic carbocycles. The number of nitrogens with one attached hydrogen (secondary N) is 2. The van der Waals surface area contributed by atoms with Crippen molar-refractivity contribution in [3.63, 3.8) is 0 Å². The van der Waals surface area contributed by atoms with Crippen molar-refractivity contribution in [3.8, 4) is 5.75 Å². The highest BCUT2D eigenvalue weighted by atomic mass is 16.5. The average molecular weight is 396 g/mol. The van der Waals surface area contributed by atoms with Crippen LogP contribution in [0.5, 0.6) is 5.75 Å². The zero-order valence-corrected chi connectivity index (χ0v) is 17.0. The highest BCUT2D eigenvalue weighted by molar-refractivity contribution is 5.79. The molecular weight excluding hydrogens is 366 g/mol. The summed E-state index contributed by atoms with van der Waals surface area (Å²) in [5.41, 5.74) is 3.80. The Morgan fingerprint density at radius 1 is 1.17 bits per heavy atom. The smallest absolute Gasteiger partial charge is 0.191 e. The van der Waals surface area contributed by atoms with Crippen LogP contribution in [-0.2, 0) is 24.1 Å². The van der Waals surface area contributed by atoms with Crippen LogP contribution in [0.2, 0.25) is 0 Å². The van der Waals surface area contributed by atoms with Gasteiger partial charge in [-0.1, -0.05) is 18.2 Å². The van der Waals surface area contributed by atoms with Crippen molar-refractivity contribution >= 4 is 11.8 Å². The van der Waals surface area contributed by atoms with Crippen molar-refractivity contribution < 1.29 is 9.47 Å². The van der Waals surface area contributed by atoms with Crippen LogP contribution < -0.4 is 20.3 Å². The molecule has 2 aromatic rings. The fourth-order valence-electron chi connectivity index (χ4n) is 3.75. The number of guanidine groups is 1. The minimum absolute atomic E-state index is 0.677. The van der Waals surface area contributed by atoms with Crippen molar-refractivity contribution in [2.24, 2.45) is 4.99 Å². The first-order valence-electron chi connectivity index (χ1n) is 10.3. The minimum atomic E-state index is 0.677. The summed E-state index contributed by atoms with van der Waals surface area (Å²) in [5, 5.41) is 6.82. The fourth-order valence-corrected chi connectivity index (χ4v) is 3.75. The molecule has 0 amide bonds. The van der Waals surface area contributed by atoms with Gasteiger partial charge in [-0.3, -0.25) is 4.99 Å². The summed E-state index contributed by atoms with van der Waals surface area (Å²) >= 11 is 0. The number of pyridine rings is 1. The fraction of sp³-hybridized carbons (Fsp3) is 0.455. The number of anilines is 1. The molecule has 7 nitrogen and oxygen atoms in total. The number of hydrogen-bond acceptors (Lipinski definition) is 5.